The molecule has 0 unspecified atom stereocenters. The van der Waals surface area contributed by atoms with Crippen LogP contribution in [0.1, 0.15) is 26.5 Å². The summed E-state index contributed by atoms with van der Waals surface area (Å²) in [5.74, 6) is -0.335. The third kappa shape index (κ3) is 5.62. The molecule has 2 aromatic carbocycles. The van der Waals surface area contributed by atoms with Crippen molar-refractivity contribution in [1.82, 2.24) is 5.32 Å². The molecule has 0 bridgehead atoms. The first kappa shape index (κ1) is 21.4. The first-order valence-electron chi connectivity index (χ1n) is 8.71. The normalized spacial score (nSPS) is 11.0. The van der Waals surface area contributed by atoms with Crippen molar-refractivity contribution in [2.75, 3.05) is 16.3 Å². The lowest BCUT2D eigenvalue weighted by molar-refractivity contribution is 0.0949. The van der Waals surface area contributed by atoms with Gasteiger partial charge < -0.3 is 15.1 Å². The summed E-state index contributed by atoms with van der Waals surface area (Å²) < 4.78 is 30.1. The summed E-state index contributed by atoms with van der Waals surface area (Å²) >= 11 is 6.14. The molecule has 30 heavy (non-hydrogen) atoms. The molecule has 156 valence electrons. The molecule has 2 amide bonds. The highest BCUT2D eigenvalue weighted by atomic mass is 35.5. The molecule has 0 aliphatic rings. The van der Waals surface area contributed by atoms with Crippen LogP contribution in [0.25, 0.3) is 0 Å². The molecule has 0 aliphatic heterocycles. The van der Waals surface area contributed by atoms with Gasteiger partial charge in [0.2, 0.25) is 10.0 Å². The molecule has 10 heteroatoms. The third-order valence-electron chi connectivity index (χ3n) is 3.94. The van der Waals surface area contributed by atoms with E-state index in [0.717, 1.165) is 6.26 Å². The highest BCUT2D eigenvalue weighted by molar-refractivity contribution is 7.92. The van der Waals surface area contributed by atoms with Gasteiger partial charge in [-0.15, -0.1) is 0 Å². The molecule has 0 fully saturated rings. The molecule has 0 aliphatic carbocycles. The maximum atomic E-state index is 12.7. The maximum Gasteiger partial charge on any atom is 0.257 e. The number of carbonyl (C=O) groups is 2. The molecule has 3 N–H and O–H groups in total. The van der Waals surface area contributed by atoms with Crippen molar-refractivity contribution in [3.05, 3.63) is 82.8 Å². The highest BCUT2D eigenvalue weighted by Crippen LogP contribution is 2.24. The molecule has 0 saturated heterocycles. The van der Waals surface area contributed by atoms with Gasteiger partial charge in [-0.1, -0.05) is 23.7 Å². The Morgan fingerprint density at radius 2 is 1.77 bits per heavy atom. The van der Waals surface area contributed by atoms with Gasteiger partial charge in [-0.2, -0.15) is 0 Å². The number of benzene rings is 2. The van der Waals surface area contributed by atoms with E-state index in [-0.39, 0.29) is 34.3 Å². The van der Waals surface area contributed by atoms with Crippen molar-refractivity contribution in [2.45, 2.75) is 6.54 Å². The summed E-state index contributed by atoms with van der Waals surface area (Å²) in [6.45, 7) is 0.203. The molecule has 1 aromatic heterocycles. The van der Waals surface area contributed by atoms with Crippen molar-refractivity contribution in [1.29, 1.82) is 0 Å². The second-order valence-electron chi connectivity index (χ2n) is 6.33. The fraction of sp³-hybridized carbons (Fsp3) is 0.100. The SMILES string of the molecule is CS(=O)(=O)Nc1ccc(C(=O)Nc2ccccc2C(=O)NCc2ccco2)c(Cl)c1. The van der Waals surface area contributed by atoms with Crippen LogP contribution in [0.3, 0.4) is 0 Å². The Balaban J connectivity index is 1.75. The zero-order valence-corrected chi connectivity index (χ0v) is 17.4. The van der Waals surface area contributed by atoms with Crippen LogP contribution < -0.4 is 15.4 Å². The van der Waals surface area contributed by atoms with E-state index in [4.69, 9.17) is 16.0 Å². The number of carbonyl (C=O) groups excluding carboxylic acids is 2. The standard InChI is InChI=1S/C20H18ClN3O5S/c1-30(27,28)24-13-8-9-15(17(21)11-13)20(26)23-18-7-3-2-6-16(18)19(25)22-12-14-5-4-10-29-14/h2-11,24H,12H2,1H3,(H,22,25)(H,23,26). The van der Waals surface area contributed by atoms with Crippen LogP contribution in [0, 0.1) is 0 Å². The Kier molecular flexibility index (Phi) is 6.43. The van der Waals surface area contributed by atoms with E-state index >= 15 is 0 Å². The number of hydrogen-bond donors (Lipinski definition) is 3. The lowest BCUT2D eigenvalue weighted by atomic mass is 10.1. The summed E-state index contributed by atoms with van der Waals surface area (Å²) in [5, 5.41) is 5.44. The van der Waals surface area contributed by atoms with Gasteiger partial charge in [0.05, 0.1) is 40.9 Å². The van der Waals surface area contributed by atoms with E-state index in [0.29, 0.717) is 11.4 Å². The monoisotopic (exact) mass is 447 g/mol. The minimum absolute atomic E-state index is 0.0564. The Hall–Kier alpha value is -3.30. The van der Waals surface area contributed by atoms with Crippen LogP contribution in [-0.2, 0) is 16.6 Å². The molecule has 1 heterocycles. The van der Waals surface area contributed by atoms with Crippen molar-refractivity contribution >= 4 is 44.8 Å². The number of amides is 2. The fourth-order valence-corrected chi connectivity index (χ4v) is 3.45. The van der Waals surface area contributed by atoms with Gasteiger partial charge in [0.25, 0.3) is 11.8 Å². The summed E-state index contributed by atoms with van der Waals surface area (Å²) in [7, 11) is -3.47. The number of furan rings is 1. The fourth-order valence-electron chi connectivity index (χ4n) is 2.63. The lowest BCUT2D eigenvalue weighted by Gasteiger charge is -2.12. The number of rotatable bonds is 7. The van der Waals surface area contributed by atoms with Crippen molar-refractivity contribution in [3.8, 4) is 0 Å². The van der Waals surface area contributed by atoms with Crippen LogP contribution in [-0.4, -0.2) is 26.5 Å². The molecular weight excluding hydrogens is 430 g/mol. The molecule has 3 aromatic rings. The first-order valence-corrected chi connectivity index (χ1v) is 11.0. The summed E-state index contributed by atoms with van der Waals surface area (Å²) in [6, 6.07) is 14.1. The molecule has 0 saturated carbocycles. The molecule has 3 rings (SSSR count). The van der Waals surface area contributed by atoms with E-state index in [1.165, 1.54) is 24.5 Å². The lowest BCUT2D eigenvalue weighted by Crippen LogP contribution is -2.24. The van der Waals surface area contributed by atoms with Gasteiger partial charge in [0, 0.05) is 5.69 Å². The zero-order valence-electron chi connectivity index (χ0n) is 15.8. The first-order chi connectivity index (χ1) is 14.2. The van der Waals surface area contributed by atoms with E-state index in [9.17, 15) is 18.0 Å². The van der Waals surface area contributed by atoms with Crippen molar-refractivity contribution in [2.24, 2.45) is 0 Å². The van der Waals surface area contributed by atoms with Crippen LogP contribution in [0.2, 0.25) is 5.02 Å². The molecule has 0 spiro atoms. The Morgan fingerprint density at radius 3 is 2.43 bits per heavy atom. The average molecular weight is 448 g/mol. The number of anilines is 2. The predicted molar refractivity (Wildman–Crippen MR) is 114 cm³/mol. The van der Waals surface area contributed by atoms with E-state index < -0.39 is 15.9 Å². The van der Waals surface area contributed by atoms with Gasteiger partial charge in [0.15, 0.2) is 0 Å². The minimum atomic E-state index is -3.47. The average Bonchev–Trinajstić information content (AvgIpc) is 3.19. The maximum absolute atomic E-state index is 12.7. The Morgan fingerprint density at radius 1 is 1.00 bits per heavy atom. The van der Waals surface area contributed by atoms with Crippen LogP contribution in [0.15, 0.2) is 65.3 Å². The predicted octanol–water partition coefficient (Wildman–Crippen LogP) is 3.49. The zero-order chi connectivity index (χ0) is 21.7. The second-order valence-corrected chi connectivity index (χ2v) is 8.49. The number of nitrogens with one attached hydrogen (secondary N) is 3. The molecule has 0 atom stereocenters. The van der Waals surface area contributed by atoms with Crippen LogP contribution in [0.4, 0.5) is 11.4 Å². The molecule has 8 nitrogen and oxygen atoms in total. The smallest absolute Gasteiger partial charge is 0.257 e. The summed E-state index contributed by atoms with van der Waals surface area (Å²) in [4.78, 5) is 25.2. The van der Waals surface area contributed by atoms with Gasteiger partial charge >= 0.3 is 0 Å². The second kappa shape index (κ2) is 9.02. The number of hydrogen-bond acceptors (Lipinski definition) is 5. The quantitative estimate of drug-likeness (QED) is 0.512. The number of sulfonamides is 1. The summed E-state index contributed by atoms with van der Waals surface area (Å²) in [6.07, 6.45) is 2.52. The van der Waals surface area contributed by atoms with E-state index in [2.05, 4.69) is 15.4 Å². The van der Waals surface area contributed by atoms with Gasteiger partial charge in [-0.3, -0.25) is 14.3 Å². The number of para-hydroxylation sites is 1. The van der Waals surface area contributed by atoms with E-state index in [1.54, 1.807) is 36.4 Å². The summed E-state index contributed by atoms with van der Waals surface area (Å²) in [5.41, 5.74) is 0.927. The van der Waals surface area contributed by atoms with Gasteiger partial charge in [0.1, 0.15) is 5.76 Å². The Bertz CT molecular complexity index is 1180. The Labute approximate surface area is 178 Å². The van der Waals surface area contributed by atoms with Gasteiger partial charge in [-0.25, -0.2) is 8.42 Å². The largest absolute Gasteiger partial charge is 0.467 e. The van der Waals surface area contributed by atoms with Crippen LogP contribution in [0.5, 0.6) is 0 Å². The van der Waals surface area contributed by atoms with Crippen LogP contribution >= 0.6 is 11.6 Å². The van der Waals surface area contributed by atoms with Crippen molar-refractivity contribution in [3.63, 3.8) is 0 Å². The van der Waals surface area contributed by atoms with Crippen molar-refractivity contribution < 1.29 is 22.4 Å². The van der Waals surface area contributed by atoms with Gasteiger partial charge in [-0.05, 0) is 42.5 Å². The third-order valence-corrected chi connectivity index (χ3v) is 4.86. The topological polar surface area (TPSA) is 118 Å². The number of halogens is 1. The van der Waals surface area contributed by atoms with E-state index in [1.807, 2.05) is 0 Å². The highest BCUT2D eigenvalue weighted by Gasteiger charge is 2.17. The minimum Gasteiger partial charge on any atom is -0.467 e. The molecular formula is C20H18ClN3O5S. The molecule has 0 radical (unpaired) electrons.